The number of aromatic hydroxyl groups is 1. The third-order valence-electron chi connectivity index (χ3n) is 14.0. The van der Waals surface area contributed by atoms with Gasteiger partial charge in [0.15, 0.2) is 11.9 Å². The Balaban J connectivity index is 3.60. The first-order valence-electron chi connectivity index (χ1n) is 30.2. The van der Waals surface area contributed by atoms with E-state index in [4.69, 9.17) is 39.5 Å². The smallest absolute Gasteiger partial charge is 0.326 e. The Morgan fingerprint density at radius 3 is 1.28 bits per heavy atom. The lowest BCUT2D eigenvalue weighted by Gasteiger charge is -2.29. The van der Waals surface area contributed by atoms with E-state index in [-0.39, 0.29) is 106 Å². The van der Waals surface area contributed by atoms with Crippen LogP contribution >= 0.6 is 0 Å². The van der Waals surface area contributed by atoms with E-state index in [1.165, 1.54) is 31.2 Å². The van der Waals surface area contributed by atoms with Gasteiger partial charge in [-0.25, -0.2) is 4.79 Å². The van der Waals surface area contributed by atoms with Gasteiger partial charge in [0.05, 0.1) is 6.04 Å². The molecule has 24 N–H and O–H groups in total. The molecule has 0 saturated heterocycles. The summed E-state index contributed by atoms with van der Waals surface area (Å²) in [4.78, 5) is 169. The van der Waals surface area contributed by atoms with E-state index in [9.17, 15) is 67.7 Å². The number of benzene rings is 1. The number of phenols is 1. The molecular formula is C58H99N17O15. The number of nitrogens with one attached hydrogen (secondary N) is 9. The maximum atomic E-state index is 14.3. The minimum absolute atomic E-state index is 0.00121. The topological polar surface area (TPSA) is 555 Å². The fraction of sp³-hybridized carbons (Fsp3) is 0.655. The lowest BCUT2D eigenvalue weighted by Crippen LogP contribution is -2.61. The zero-order valence-corrected chi connectivity index (χ0v) is 53.1. The van der Waals surface area contributed by atoms with Crippen molar-refractivity contribution >= 4 is 82.9 Å². The van der Waals surface area contributed by atoms with Crippen LogP contribution in [0, 0.1) is 23.7 Å². The summed E-state index contributed by atoms with van der Waals surface area (Å²) in [6, 6.07) is -8.13. The van der Waals surface area contributed by atoms with Crippen molar-refractivity contribution in [1.82, 2.24) is 47.9 Å². The minimum Gasteiger partial charge on any atom is -0.508 e. The van der Waals surface area contributed by atoms with E-state index in [1.807, 2.05) is 0 Å². The number of nitrogens with two attached hydrogens (primary N) is 6. The standard InChI is InChI=1S/C58H99N17O15/c1-10-32(8)46(75-54(87)42(28-34-15-17-35(76)18-16-34)72-48(81)36(59)19-22-45(78)79)55(88)70-37(13-11-23-65-57(61)62)49(82)67-33(9)47(80)71-40(25-29(2)3)52(85)69-39(20-21-44(60)77)51(84)68-38(14-12-24-66-58(63)64)50(83)73-41(26-30(4)5)53(86)74-43(56(89)90)27-31(6)7/h15-18,29-33,36-43,46,76H,10-14,19-28,59H2,1-9H3,(H2,60,77)(H,67,82)(H,68,84)(H,69,85)(H,70,88)(H,71,80)(H,72,81)(H,73,83)(H,74,86)(H,75,87)(H,78,79)(H,89,90)(H4,61,62,65)(H4,63,64,66)/t32-,33-,36-,37-,38-,39-,40-,41-,42-,43-,46-/m0/s1. The number of aliphatic imine (C=N–C) groups is 2. The Bertz CT molecular complexity index is 2630. The highest BCUT2D eigenvalue weighted by molar-refractivity contribution is 5.99. The Kier molecular flexibility index (Phi) is 35.8. The molecule has 0 aromatic heterocycles. The molecule has 0 unspecified atom stereocenters. The molecule has 0 saturated carbocycles. The van der Waals surface area contributed by atoms with Crippen LogP contribution in [0.15, 0.2) is 34.3 Å². The molecule has 506 valence electrons. The molecule has 1 rings (SSSR count). The third-order valence-corrected chi connectivity index (χ3v) is 14.0. The summed E-state index contributed by atoms with van der Waals surface area (Å²) in [6.45, 7) is 15.3. The van der Waals surface area contributed by atoms with Gasteiger partial charge in [-0.3, -0.25) is 62.7 Å². The fourth-order valence-corrected chi connectivity index (χ4v) is 8.95. The number of guanidine groups is 2. The molecule has 0 fully saturated rings. The van der Waals surface area contributed by atoms with Crippen LogP contribution < -0.4 is 82.3 Å². The van der Waals surface area contributed by atoms with Crippen LogP contribution in [0.2, 0.25) is 0 Å². The van der Waals surface area contributed by atoms with Crippen molar-refractivity contribution in [1.29, 1.82) is 0 Å². The largest absolute Gasteiger partial charge is 0.508 e. The van der Waals surface area contributed by atoms with Gasteiger partial charge in [0.25, 0.3) is 0 Å². The molecule has 0 aliphatic heterocycles. The van der Waals surface area contributed by atoms with Gasteiger partial charge in [-0.1, -0.05) is 73.9 Å². The van der Waals surface area contributed by atoms with E-state index >= 15 is 0 Å². The van der Waals surface area contributed by atoms with Gasteiger partial charge >= 0.3 is 11.9 Å². The first-order chi connectivity index (χ1) is 42.0. The van der Waals surface area contributed by atoms with Crippen molar-refractivity contribution in [2.45, 2.75) is 206 Å². The molecular weight excluding hydrogens is 1170 g/mol. The lowest BCUT2D eigenvalue weighted by atomic mass is 9.96. The van der Waals surface area contributed by atoms with Gasteiger partial charge in [0, 0.05) is 32.4 Å². The second-order valence-corrected chi connectivity index (χ2v) is 23.6. The van der Waals surface area contributed by atoms with E-state index in [2.05, 4.69) is 57.8 Å². The van der Waals surface area contributed by atoms with Gasteiger partial charge in [0.1, 0.15) is 60.1 Å². The molecule has 1 aromatic rings. The zero-order chi connectivity index (χ0) is 68.5. The number of carbonyl (C=O) groups excluding carboxylic acids is 10. The molecule has 0 spiro atoms. The average Bonchev–Trinajstić information content (AvgIpc) is 2.01. The highest BCUT2D eigenvalue weighted by Gasteiger charge is 2.37. The monoisotopic (exact) mass is 1270 g/mol. The molecule has 0 bridgehead atoms. The third kappa shape index (κ3) is 31.9. The summed E-state index contributed by atoms with van der Waals surface area (Å²) < 4.78 is 0. The highest BCUT2D eigenvalue weighted by Crippen LogP contribution is 2.16. The summed E-state index contributed by atoms with van der Waals surface area (Å²) in [7, 11) is 0. The van der Waals surface area contributed by atoms with Gasteiger partial charge < -0.3 is 97.6 Å². The van der Waals surface area contributed by atoms with Gasteiger partial charge in [-0.05, 0) is 106 Å². The van der Waals surface area contributed by atoms with E-state index < -0.39 is 157 Å². The number of carboxylic acids is 2. The number of carboxylic acid groups (broad SMARTS) is 2. The number of carbonyl (C=O) groups is 12. The zero-order valence-electron chi connectivity index (χ0n) is 53.1. The molecule has 0 aliphatic carbocycles. The molecule has 11 atom stereocenters. The van der Waals surface area contributed by atoms with Gasteiger partial charge in [-0.15, -0.1) is 0 Å². The van der Waals surface area contributed by atoms with Crippen molar-refractivity contribution in [3.63, 3.8) is 0 Å². The predicted octanol–water partition coefficient (Wildman–Crippen LogP) is -2.85. The van der Waals surface area contributed by atoms with Gasteiger partial charge in [-0.2, -0.15) is 0 Å². The van der Waals surface area contributed by atoms with E-state index in [0.717, 1.165) is 0 Å². The molecule has 10 amide bonds. The second-order valence-electron chi connectivity index (χ2n) is 23.6. The molecule has 0 aliphatic rings. The SMILES string of the molecule is CC[C@H](C)[C@H](NC(=O)[C@H](Cc1ccc(O)cc1)NC(=O)[C@@H](N)CCC(=O)O)C(=O)N[C@@H](CCCN=C(N)N)C(=O)N[C@@H](C)C(=O)N[C@@H](CC(C)C)C(=O)N[C@@H](CCC(N)=O)C(=O)N[C@@H](CCCN=C(N)N)C(=O)N[C@@H](CC(C)C)C(=O)N[C@@H](CC(C)C)C(=O)O. The van der Waals surface area contributed by atoms with Crippen LogP contribution in [-0.2, 0) is 64.0 Å². The van der Waals surface area contributed by atoms with Crippen LogP contribution in [0.1, 0.15) is 145 Å². The molecule has 32 heteroatoms. The van der Waals surface area contributed by atoms with Gasteiger partial charge in [0.2, 0.25) is 59.1 Å². The number of hydrogen-bond donors (Lipinski definition) is 18. The second kappa shape index (κ2) is 40.7. The molecule has 90 heavy (non-hydrogen) atoms. The summed E-state index contributed by atoms with van der Waals surface area (Å²) in [5, 5.41) is 52.1. The number of hydrogen-bond acceptors (Lipinski definition) is 16. The number of primary amides is 1. The van der Waals surface area contributed by atoms with E-state index in [1.54, 1.807) is 55.4 Å². The minimum atomic E-state index is -1.58. The normalized spacial score (nSPS) is 14.8. The molecule has 0 radical (unpaired) electrons. The quantitative estimate of drug-likeness (QED) is 0.0178. The summed E-state index contributed by atoms with van der Waals surface area (Å²) in [5.74, 6) is -13.0. The Hall–Kier alpha value is -8.84. The maximum Gasteiger partial charge on any atom is 0.326 e. The number of phenolic OH excluding ortho intramolecular Hbond substituents is 1. The number of nitrogens with zero attached hydrogens (tertiary/aromatic N) is 2. The first-order valence-corrected chi connectivity index (χ1v) is 30.2. The first kappa shape index (κ1) is 79.2. The van der Waals surface area contributed by atoms with Crippen molar-refractivity contribution in [3.8, 4) is 5.75 Å². The van der Waals surface area contributed by atoms with Crippen LogP contribution in [0.3, 0.4) is 0 Å². The average molecular weight is 1270 g/mol. The number of amides is 10. The fourth-order valence-electron chi connectivity index (χ4n) is 8.95. The van der Waals surface area contributed by atoms with Crippen LogP contribution in [0.5, 0.6) is 5.75 Å². The maximum absolute atomic E-state index is 14.3. The van der Waals surface area contributed by atoms with Crippen molar-refractivity contribution < 1.29 is 72.9 Å². The molecule has 1 aromatic carbocycles. The predicted molar refractivity (Wildman–Crippen MR) is 333 cm³/mol. The summed E-state index contributed by atoms with van der Waals surface area (Å²) in [6.07, 6.45) is -1.30. The van der Waals surface area contributed by atoms with Crippen molar-refractivity contribution in [2.24, 2.45) is 68.1 Å². The number of aliphatic carboxylic acids is 2. The number of rotatable bonds is 43. The summed E-state index contributed by atoms with van der Waals surface area (Å²) >= 11 is 0. The molecule has 32 nitrogen and oxygen atoms in total. The van der Waals surface area contributed by atoms with Crippen LogP contribution in [0.4, 0.5) is 0 Å². The van der Waals surface area contributed by atoms with Crippen molar-refractivity contribution in [3.05, 3.63) is 29.8 Å². The molecule has 0 heterocycles. The highest BCUT2D eigenvalue weighted by atomic mass is 16.4. The van der Waals surface area contributed by atoms with E-state index in [0.29, 0.717) is 12.0 Å². The summed E-state index contributed by atoms with van der Waals surface area (Å²) in [5.41, 5.74) is 34.0. The lowest BCUT2D eigenvalue weighted by molar-refractivity contribution is -0.143. The van der Waals surface area contributed by atoms with Crippen molar-refractivity contribution in [2.75, 3.05) is 13.1 Å². The Morgan fingerprint density at radius 1 is 0.456 bits per heavy atom. The van der Waals surface area contributed by atoms with Crippen LogP contribution in [0.25, 0.3) is 0 Å². The Morgan fingerprint density at radius 2 is 0.844 bits per heavy atom. The Labute approximate surface area is 525 Å². The van der Waals surface area contributed by atoms with Crippen LogP contribution in [-0.4, -0.2) is 172 Å².